The molecule has 1 saturated heterocycles. The average molecular weight is 384 g/mol. The van der Waals surface area contributed by atoms with Gasteiger partial charge in [-0.25, -0.2) is 0 Å². The summed E-state index contributed by atoms with van der Waals surface area (Å²) in [6.45, 7) is 7.15. The van der Waals surface area contributed by atoms with Crippen molar-refractivity contribution in [1.29, 1.82) is 0 Å². The highest BCUT2D eigenvalue weighted by Crippen LogP contribution is 2.27. The maximum Gasteiger partial charge on any atom is 0.253 e. The molecule has 0 bridgehead atoms. The van der Waals surface area contributed by atoms with Crippen LogP contribution in [-0.2, 0) is 4.74 Å². The molecule has 1 amide bonds. The Morgan fingerprint density at radius 2 is 2.09 bits per heavy atom. The lowest BCUT2D eigenvalue weighted by molar-refractivity contribution is 0.0676. The van der Waals surface area contributed by atoms with Crippen LogP contribution in [0, 0.1) is 0 Å². The Labute approximate surface area is 147 Å². The van der Waals surface area contributed by atoms with Gasteiger partial charge in [0.25, 0.3) is 5.91 Å². The van der Waals surface area contributed by atoms with Crippen LogP contribution in [0.2, 0.25) is 0 Å². The Morgan fingerprint density at radius 1 is 1.35 bits per heavy atom. The van der Waals surface area contributed by atoms with E-state index in [-0.39, 0.29) is 12.0 Å². The minimum absolute atomic E-state index is 0.0834. The van der Waals surface area contributed by atoms with Crippen molar-refractivity contribution in [3.8, 4) is 5.75 Å². The van der Waals surface area contributed by atoms with Crippen molar-refractivity contribution in [1.82, 2.24) is 4.90 Å². The summed E-state index contributed by atoms with van der Waals surface area (Å²) in [4.78, 5) is 14.5. The number of hydrogen-bond donors (Lipinski definition) is 0. The summed E-state index contributed by atoms with van der Waals surface area (Å²) >= 11 is 3.52. The predicted octanol–water partition coefficient (Wildman–Crippen LogP) is 4.27. The third-order valence-electron chi connectivity index (χ3n) is 3.90. The molecule has 1 heterocycles. The fourth-order valence-corrected chi connectivity index (χ4v) is 3.24. The van der Waals surface area contributed by atoms with Crippen molar-refractivity contribution in [3.05, 3.63) is 28.2 Å². The van der Waals surface area contributed by atoms with Crippen molar-refractivity contribution in [2.24, 2.45) is 0 Å². The van der Waals surface area contributed by atoms with E-state index in [2.05, 4.69) is 29.8 Å². The maximum atomic E-state index is 12.6. The van der Waals surface area contributed by atoms with Gasteiger partial charge in [-0.05, 0) is 59.8 Å². The van der Waals surface area contributed by atoms with Crippen LogP contribution in [0.25, 0.3) is 0 Å². The quantitative estimate of drug-likeness (QED) is 0.672. The summed E-state index contributed by atoms with van der Waals surface area (Å²) in [6.07, 6.45) is 4.28. The van der Waals surface area contributed by atoms with Gasteiger partial charge in [0.05, 0.1) is 10.6 Å². The third-order valence-corrected chi connectivity index (χ3v) is 4.52. The SMILES string of the molecule is CCCN(CCC)C(=O)c1ccc(OCC2CCCO2)c(Br)c1. The van der Waals surface area contributed by atoms with Crippen LogP contribution >= 0.6 is 15.9 Å². The van der Waals surface area contributed by atoms with Gasteiger partial charge in [0, 0.05) is 25.3 Å². The largest absolute Gasteiger partial charge is 0.490 e. The fourth-order valence-electron chi connectivity index (χ4n) is 2.75. The van der Waals surface area contributed by atoms with Gasteiger partial charge in [-0.15, -0.1) is 0 Å². The molecule has 1 unspecified atom stereocenters. The van der Waals surface area contributed by atoms with E-state index in [4.69, 9.17) is 9.47 Å². The van der Waals surface area contributed by atoms with Gasteiger partial charge < -0.3 is 14.4 Å². The van der Waals surface area contributed by atoms with Crippen LogP contribution in [0.3, 0.4) is 0 Å². The van der Waals surface area contributed by atoms with E-state index in [1.54, 1.807) is 0 Å². The van der Waals surface area contributed by atoms with Gasteiger partial charge in [0.15, 0.2) is 0 Å². The molecule has 23 heavy (non-hydrogen) atoms. The maximum absolute atomic E-state index is 12.6. The van der Waals surface area contributed by atoms with Crippen LogP contribution in [0.5, 0.6) is 5.75 Å². The number of nitrogens with zero attached hydrogens (tertiary/aromatic N) is 1. The van der Waals surface area contributed by atoms with Gasteiger partial charge in [-0.1, -0.05) is 13.8 Å². The Kier molecular flexibility index (Phi) is 7.37. The van der Waals surface area contributed by atoms with E-state index >= 15 is 0 Å². The zero-order chi connectivity index (χ0) is 16.7. The molecule has 1 atom stereocenters. The van der Waals surface area contributed by atoms with Crippen LogP contribution in [-0.4, -0.2) is 43.2 Å². The Morgan fingerprint density at radius 3 is 2.65 bits per heavy atom. The predicted molar refractivity (Wildman–Crippen MR) is 95.1 cm³/mol. The molecule has 1 aromatic rings. The van der Waals surface area contributed by atoms with E-state index in [1.807, 2.05) is 23.1 Å². The monoisotopic (exact) mass is 383 g/mol. The zero-order valence-corrected chi connectivity index (χ0v) is 15.6. The first-order valence-electron chi connectivity index (χ1n) is 8.49. The minimum Gasteiger partial charge on any atom is -0.490 e. The molecule has 1 aliphatic heterocycles. The normalized spacial score (nSPS) is 17.3. The first-order chi connectivity index (χ1) is 11.2. The highest BCUT2D eigenvalue weighted by atomic mass is 79.9. The number of hydrogen-bond acceptors (Lipinski definition) is 3. The number of carbonyl (C=O) groups excluding carboxylic acids is 1. The molecule has 0 saturated carbocycles. The second kappa shape index (κ2) is 9.28. The molecule has 0 spiro atoms. The van der Waals surface area contributed by atoms with Crippen LogP contribution in [0.1, 0.15) is 49.9 Å². The molecule has 0 aromatic heterocycles. The lowest BCUT2D eigenvalue weighted by Crippen LogP contribution is -2.32. The second-order valence-electron chi connectivity index (χ2n) is 5.88. The molecule has 2 rings (SSSR count). The van der Waals surface area contributed by atoms with Crippen molar-refractivity contribution in [3.63, 3.8) is 0 Å². The molecule has 1 aromatic carbocycles. The molecule has 1 aliphatic rings. The Hall–Kier alpha value is -1.07. The lowest BCUT2D eigenvalue weighted by atomic mass is 10.1. The molecule has 0 aliphatic carbocycles. The summed E-state index contributed by atoms with van der Waals surface area (Å²) in [5.74, 6) is 0.842. The average Bonchev–Trinajstić information content (AvgIpc) is 3.06. The third kappa shape index (κ3) is 5.21. The number of halogens is 1. The van der Waals surface area contributed by atoms with Crippen molar-refractivity contribution >= 4 is 21.8 Å². The number of benzene rings is 1. The van der Waals surface area contributed by atoms with E-state index in [0.29, 0.717) is 12.2 Å². The van der Waals surface area contributed by atoms with Gasteiger partial charge in [-0.2, -0.15) is 0 Å². The molecule has 4 nitrogen and oxygen atoms in total. The Balaban J connectivity index is 2.00. The smallest absolute Gasteiger partial charge is 0.253 e. The summed E-state index contributed by atoms with van der Waals surface area (Å²) in [7, 11) is 0. The topological polar surface area (TPSA) is 38.8 Å². The summed E-state index contributed by atoms with van der Waals surface area (Å²) in [6, 6.07) is 5.56. The standard InChI is InChI=1S/C18H26BrNO3/c1-3-9-20(10-4-2)18(21)14-7-8-17(16(19)12-14)23-13-15-6-5-11-22-15/h7-8,12,15H,3-6,9-11,13H2,1-2H3. The van der Waals surface area contributed by atoms with Crippen molar-refractivity contribution in [2.45, 2.75) is 45.6 Å². The van der Waals surface area contributed by atoms with Crippen molar-refractivity contribution < 1.29 is 14.3 Å². The molecule has 5 heteroatoms. The van der Waals surface area contributed by atoms with Gasteiger partial charge in [0.2, 0.25) is 0 Å². The van der Waals surface area contributed by atoms with Crippen LogP contribution in [0.4, 0.5) is 0 Å². The second-order valence-corrected chi connectivity index (χ2v) is 6.74. The molecular formula is C18H26BrNO3. The van der Waals surface area contributed by atoms with Gasteiger partial charge >= 0.3 is 0 Å². The van der Waals surface area contributed by atoms with E-state index < -0.39 is 0 Å². The number of amides is 1. The molecule has 1 fully saturated rings. The summed E-state index contributed by atoms with van der Waals surface area (Å²) in [5.41, 5.74) is 0.697. The fraction of sp³-hybridized carbons (Fsp3) is 0.611. The van der Waals surface area contributed by atoms with E-state index in [1.165, 1.54) is 0 Å². The van der Waals surface area contributed by atoms with Crippen LogP contribution < -0.4 is 4.74 Å². The first kappa shape index (κ1) is 18.3. The number of rotatable bonds is 8. The molecular weight excluding hydrogens is 358 g/mol. The summed E-state index contributed by atoms with van der Waals surface area (Å²) in [5, 5.41) is 0. The number of carbonyl (C=O) groups is 1. The van der Waals surface area contributed by atoms with E-state index in [9.17, 15) is 4.79 Å². The lowest BCUT2D eigenvalue weighted by Gasteiger charge is -2.22. The van der Waals surface area contributed by atoms with Crippen LogP contribution in [0.15, 0.2) is 22.7 Å². The van der Waals surface area contributed by atoms with Crippen molar-refractivity contribution in [2.75, 3.05) is 26.3 Å². The molecule has 0 N–H and O–H groups in total. The van der Waals surface area contributed by atoms with E-state index in [0.717, 1.165) is 55.6 Å². The number of ether oxygens (including phenoxy) is 2. The molecule has 0 radical (unpaired) electrons. The van der Waals surface area contributed by atoms with Gasteiger partial charge in [-0.3, -0.25) is 4.79 Å². The zero-order valence-electron chi connectivity index (χ0n) is 14.0. The molecule has 128 valence electrons. The van der Waals surface area contributed by atoms with Gasteiger partial charge in [0.1, 0.15) is 12.4 Å². The first-order valence-corrected chi connectivity index (χ1v) is 9.28. The highest BCUT2D eigenvalue weighted by Gasteiger charge is 2.18. The Bertz CT molecular complexity index is 509. The summed E-state index contributed by atoms with van der Waals surface area (Å²) < 4.78 is 12.2. The highest BCUT2D eigenvalue weighted by molar-refractivity contribution is 9.10. The minimum atomic E-state index is 0.0834.